The van der Waals surface area contributed by atoms with E-state index in [0.717, 1.165) is 30.6 Å². The van der Waals surface area contributed by atoms with Crippen molar-refractivity contribution in [2.75, 3.05) is 6.61 Å². The lowest BCUT2D eigenvalue weighted by molar-refractivity contribution is -0.220. The predicted molar refractivity (Wildman–Crippen MR) is 145 cm³/mol. The van der Waals surface area contributed by atoms with Gasteiger partial charge in [0.2, 0.25) is 0 Å². The van der Waals surface area contributed by atoms with E-state index in [1.54, 1.807) is 12.5 Å². The number of rotatable bonds is 3. The minimum atomic E-state index is -0.133. The summed E-state index contributed by atoms with van der Waals surface area (Å²) >= 11 is 0. The predicted octanol–water partition coefficient (Wildman–Crippen LogP) is 8.91. The van der Waals surface area contributed by atoms with Crippen molar-refractivity contribution in [3.63, 3.8) is 0 Å². The average Bonchev–Trinajstić information content (AvgIpc) is 3.16. The Morgan fingerprint density at radius 1 is 0.886 bits per heavy atom. The molecule has 35 heavy (non-hydrogen) atoms. The topological polar surface area (TPSA) is 26.3 Å². The molecule has 5 aliphatic rings. The highest BCUT2D eigenvalue weighted by Crippen LogP contribution is 2.77. The lowest BCUT2D eigenvalue weighted by Crippen LogP contribution is -2.65. The standard InChI is InChI=1S/C33H52O2/c1-21(2)24-13-17-33(20-35-23(4)34)19-18-31(8)25(28(24)33)10-11-27-30(7)15-12-22(3)29(5,6)26(30)14-16-32(27,31)9/h22,25-27H,1,10-20H2,2-9H3/t22-,25+,26-,27+,30-,31+,32+,33+/m0/s1. The molecule has 8 atom stereocenters. The Balaban J connectivity index is 1.56. The molecule has 0 unspecified atom stereocenters. The molecule has 0 aromatic carbocycles. The summed E-state index contributed by atoms with van der Waals surface area (Å²) < 4.78 is 5.78. The van der Waals surface area contributed by atoms with E-state index in [-0.39, 0.29) is 11.4 Å². The Morgan fingerprint density at radius 3 is 2.26 bits per heavy atom. The van der Waals surface area contributed by atoms with Gasteiger partial charge in [0.25, 0.3) is 0 Å². The lowest BCUT2D eigenvalue weighted by atomic mass is 9.32. The molecule has 4 saturated carbocycles. The van der Waals surface area contributed by atoms with Crippen LogP contribution in [0.15, 0.2) is 23.3 Å². The Kier molecular flexibility index (Phi) is 5.83. The molecule has 0 N–H and O–H groups in total. The van der Waals surface area contributed by atoms with Crippen LogP contribution in [0.25, 0.3) is 0 Å². The van der Waals surface area contributed by atoms with Gasteiger partial charge >= 0.3 is 5.97 Å². The zero-order valence-electron chi connectivity index (χ0n) is 24.1. The first-order valence-corrected chi connectivity index (χ1v) is 14.8. The fraction of sp³-hybridized carbons (Fsp3) is 0.848. The summed E-state index contributed by atoms with van der Waals surface area (Å²) in [5.74, 6) is 2.97. The molecule has 0 spiro atoms. The first-order valence-electron chi connectivity index (χ1n) is 14.8. The molecule has 0 aromatic rings. The van der Waals surface area contributed by atoms with Crippen molar-refractivity contribution in [1.29, 1.82) is 0 Å². The number of hydrogen-bond donors (Lipinski definition) is 0. The van der Waals surface area contributed by atoms with Gasteiger partial charge in [-0.25, -0.2) is 0 Å². The SMILES string of the molecule is C=C(C)C1=C2[C@H]3CC[C@@H]4[C@@]5(C)CC[C@H](C)C(C)(C)[C@@H]5CC[C@@]4(C)[C@]3(C)CC[C@@]2(COC(C)=O)CC1. The molecule has 4 fully saturated rings. The Labute approximate surface area is 215 Å². The van der Waals surface area contributed by atoms with Gasteiger partial charge in [0.15, 0.2) is 0 Å². The third-order valence-electron chi connectivity index (χ3n) is 13.7. The molecule has 0 heterocycles. The van der Waals surface area contributed by atoms with Crippen LogP contribution in [-0.2, 0) is 9.53 Å². The van der Waals surface area contributed by atoms with Gasteiger partial charge in [0, 0.05) is 12.3 Å². The minimum Gasteiger partial charge on any atom is -0.465 e. The molecule has 2 heteroatoms. The fourth-order valence-electron chi connectivity index (χ4n) is 11.2. The van der Waals surface area contributed by atoms with E-state index in [1.165, 1.54) is 62.5 Å². The molecule has 2 nitrogen and oxygen atoms in total. The van der Waals surface area contributed by atoms with Gasteiger partial charge in [-0.05, 0) is 122 Å². The number of hydrogen-bond acceptors (Lipinski definition) is 2. The van der Waals surface area contributed by atoms with E-state index < -0.39 is 0 Å². The van der Waals surface area contributed by atoms with Gasteiger partial charge < -0.3 is 4.74 Å². The molecule has 0 amide bonds. The molecular formula is C33H52O2. The van der Waals surface area contributed by atoms with Crippen molar-refractivity contribution in [3.05, 3.63) is 23.3 Å². The van der Waals surface area contributed by atoms with E-state index in [9.17, 15) is 4.79 Å². The second-order valence-electron chi connectivity index (χ2n) is 15.1. The van der Waals surface area contributed by atoms with Crippen LogP contribution in [0.2, 0.25) is 0 Å². The number of esters is 1. The van der Waals surface area contributed by atoms with E-state index in [2.05, 4.69) is 55.0 Å². The zero-order chi connectivity index (χ0) is 25.6. The normalized spacial score (nSPS) is 48.3. The van der Waals surface area contributed by atoms with Crippen molar-refractivity contribution in [2.24, 2.45) is 50.7 Å². The monoisotopic (exact) mass is 480 g/mol. The lowest BCUT2D eigenvalue weighted by Gasteiger charge is -2.72. The second kappa shape index (κ2) is 7.97. The maximum atomic E-state index is 11.9. The van der Waals surface area contributed by atoms with Crippen LogP contribution < -0.4 is 0 Å². The minimum absolute atomic E-state index is 0.0523. The van der Waals surface area contributed by atoms with Crippen molar-refractivity contribution in [3.8, 4) is 0 Å². The summed E-state index contributed by atoms with van der Waals surface area (Å²) in [6.07, 6.45) is 13.0. The molecule has 0 radical (unpaired) electrons. The van der Waals surface area contributed by atoms with Crippen molar-refractivity contribution in [1.82, 2.24) is 0 Å². The van der Waals surface area contributed by atoms with Crippen LogP contribution >= 0.6 is 0 Å². The molecule has 5 rings (SSSR count). The number of carbonyl (C=O) groups excluding carboxylic acids is 1. The first-order chi connectivity index (χ1) is 16.2. The quantitative estimate of drug-likeness (QED) is 0.377. The molecule has 0 saturated heterocycles. The van der Waals surface area contributed by atoms with Crippen molar-refractivity contribution >= 4 is 5.97 Å². The van der Waals surface area contributed by atoms with Crippen molar-refractivity contribution in [2.45, 2.75) is 120 Å². The Bertz CT molecular complexity index is 956. The number of carbonyl (C=O) groups is 1. The molecule has 0 aliphatic heterocycles. The van der Waals surface area contributed by atoms with E-state index >= 15 is 0 Å². The van der Waals surface area contributed by atoms with Crippen molar-refractivity contribution < 1.29 is 9.53 Å². The van der Waals surface area contributed by atoms with Crippen LogP contribution in [0.4, 0.5) is 0 Å². The van der Waals surface area contributed by atoms with Gasteiger partial charge in [-0.2, -0.15) is 0 Å². The van der Waals surface area contributed by atoms with Gasteiger partial charge in [-0.1, -0.05) is 59.3 Å². The van der Waals surface area contributed by atoms with E-state index in [4.69, 9.17) is 4.74 Å². The van der Waals surface area contributed by atoms with Crippen LogP contribution in [0.5, 0.6) is 0 Å². The smallest absolute Gasteiger partial charge is 0.302 e. The highest BCUT2D eigenvalue weighted by Gasteiger charge is 2.69. The van der Waals surface area contributed by atoms with Crippen LogP contribution in [-0.4, -0.2) is 12.6 Å². The fourth-order valence-corrected chi connectivity index (χ4v) is 11.2. The maximum absolute atomic E-state index is 11.9. The largest absolute Gasteiger partial charge is 0.465 e. The van der Waals surface area contributed by atoms with Crippen LogP contribution in [0, 0.1) is 50.7 Å². The molecule has 0 bridgehead atoms. The molecule has 196 valence electrons. The Morgan fingerprint density at radius 2 is 1.60 bits per heavy atom. The summed E-state index contributed by atoms with van der Waals surface area (Å²) in [5.41, 5.74) is 6.10. The van der Waals surface area contributed by atoms with Gasteiger partial charge in [-0.15, -0.1) is 0 Å². The maximum Gasteiger partial charge on any atom is 0.302 e. The first kappa shape index (κ1) is 25.6. The van der Waals surface area contributed by atoms with Gasteiger partial charge in [0.05, 0.1) is 0 Å². The Hall–Kier alpha value is -1.05. The summed E-state index contributed by atoms with van der Waals surface area (Å²) in [6, 6.07) is 0. The van der Waals surface area contributed by atoms with E-state index in [0.29, 0.717) is 34.2 Å². The second-order valence-corrected chi connectivity index (χ2v) is 15.1. The van der Waals surface area contributed by atoms with Gasteiger partial charge in [-0.3, -0.25) is 4.79 Å². The highest BCUT2D eigenvalue weighted by molar-refractivity contribution is 5.66. The van der Waals surface area contributed by atoms with E-state index in [1.807, 2.05) is 0 Å². The number of fused-ring (bicyclic) bond motifs is 7. The molecule has 5 aliphatic carbocycles. The molecule has 0 aromatic heterocycles. The summed E-state index contributed by atoms with van der Waals surface area (Å²) in [4.78, 5) is 11.9. The third-order valence-corrected chi connectivity index (χ3v) is 13.7. The summed E-state index contributed by atoms with van der Waals surface area (Å²) in [6.45, 7) is 24.6. The van der Waals surface area contributed by atoms with Gasteiger partial charge in [0.1, 0.15) is 6.61 Å². The number of ether oxygens (including phenoxy) is 1. The number of allylic oxidation sites excluding steroid dienone is 2. The zero-order valence-corrected chi connectivity index (χ0v) is 24.1. The van der Waals surface area contributed by atoms with Crippen LogP contribution in [0.1, 0.15) is 120 Å². The average molecular weight is 481 g/mol. The summed E-state index contributed by atoms with van der Waals surface area (Å²) in [7, 11) is 0. The molecular weight excluding hydrogens is 428 g/mol. The van der Waals surface area contributed by atoms with Crippen LogP contribution in [0.3, 0.4) is 0 Å². The summed E-state index contributed by atoms with van der Waals surface area (Å²) in [5, 5.41) is 0. The highest BCUT2D eigenvalue weighted by atomic mass is 16.5. The third kappa shape index (κ3) is 3.29.